The molecule has 0 aromatic heterocycles. The molecule has 1 aliphatic rings. The Balaban J connectivity index is 2.57. The molecule has 5 heteroatoms. The molecule has 1 saturated heterocycles. The Labute approximate surface area is 71.1 Å². The Kier molecular flexibility index (Phi) is 2.32. The van der Waals surface area contributed by atoms with Crippen molar-refractivity contribution in [2.24, 2.45) is 5.73 Å². The number of amides is 2. The van der Waals surface area contributed by atoms with Crippen molar-refractivity contribution in [2.45, 2.75) is 13.0 Å². The summed E-state index contributed by atoms with van der Waals surface area (Å²) < 4.78 is 0. The van der Waals surface area contributed by atoms with Crippen LogP contribution in [0.25, 0.3) is 0 Å². The molecule has 1 atom stereocenters. The van der Waals surface area contributed by atoms with Crippen LogP contribution in [0.3, 0.4) is 0 Å². The number of nitrogens with two attached hydrogens (primary N) is 1. The van der Waals surface area contributed by atoms with Gasteiger partial charge in [0.2, 0.25) is 11.8 Å². The van der Waals surface area contributed by atoms with Crippen LogP contribution in [0.5, 0.6) is 0 Å². The van der Waals surface area contributed by atoms with Crippen molar-refractivity contribution in [1.29, 1.82) is 0 Å². The first kappa shape index (κ1) is 8.99. The monoisotopic (exact) mass is 171 g/mol. The lowest BCUT2D eigenvalue weighted by Gasteiger charge is -2.19. The Morgan fingerprint density at radius 3 is 2.58 bits per heavy atom. The van der Waals surface area contributed by atoms with Crippen LogP contribution in [-0.2, 0) is 9.59 Å². The van der Waals surface area contributed by atoms with E-state index in [-0.39, 0.29) is 11.9 Å². The minimum absolute atomic E-state index is 0.0306. The minimum Gasteiger partial charge on any atom is -0.368 e. The maximum absolute atomic E-state index is 11.0. The first-order valence-electron chi connectivity index (χ1n) is 3.79. The van der Waals surface area contributed by atoms with E-state index in [1.165, 1.54) is 0 Å². The van der Waals surface area contributed by atoms with Gasteiger partial charge >= 0.3 is 0 Å². The van der Waals surface area contributed by atoms with Crippen molar-refractivity contribution in [3.05, 3.63) is 0 Å². The van der Waals surface area contributed by atoms with E-state index in [2.05, 4.69) is 0 Å². The quantitative estimate of drug-likeness (QED) is 0.555. The van der Waals surface area contributed by atoms with E-state index in [1.807, 2.05) is 0 Å². The normalized spacial score (nSPS) is 21.5. The molecule has 0 aromatic carbocycles. The fourth-order valence-electron chi connectivity index (χ4n) is 1.14. The van der Waals surface area contributed by atoms with Crippen LogP contribution >= 0.6 is 0 Å². The van der Waals surface area contributed by atoms with E-state index >= 15 is 0 Å². The molecule has 2 amide bonds. The van der Waals surface area contributed by atoms with Crippen molar-refractivity contribution in [1.82, 2.24) is 9.80 Å². The smallest absolute Gasteiger partial charge is 0.237 e. The Hall–Kier alpha value is -1.10. The van der Waals surface area contributed by atoms with E-state index in [4.69, 9.17) is 5.73 Å². The van der Waals surface area contributed by atoms with Crippen LogP contribution in [0.15, 0.2) is 0 Å². The highest BCUT2D eigenvalue weighted by Gasteiger charge is 2.29. The minimum atomic E-state index is -0.391. The van der Waals surface area contributed by atoms with Gasteiger partial charge in [0.05, 0.1) is 19.3 Å². The van der Waals surface area contributed by atoms with Crippen LogP contribution in [-0.4, -0.2) is 47.9 Å². The summed E-state index contributed by atoms with van der Waals surface area (Å²) in [6.45, 7) is 2.48. The van der Waals surface area contributed by atoms with Gasteiger partial charge in [-0.15, -0.1) is 0 Å². The van der Waals surface area contributed by atoms with Crippen LogP contribution in [0, 0.1) is 0 Å². The Morgan fingerprint density at radius 2 is 2.25 bits per heavy atom. The Bertz CT molecular complexity index is 217. The van der Waals surface area contributed by atoms with E-state index in [0.717, 1.165) is 0 Å². The van der Waals surface area contributed by atoms with Gasteiger partial charge in [0.25, 0.3) is 0 Å². The average Bonchev–Trinajstić information content (AvgIpc) is 2.30. The van der Waals surface area contributed by atoms with E-state index in [1.54, 1.807) is 23.8 Å². The first-order valence-corrected chi connectivity index (χ1v) is 3.79. The molecular formula is C7H13N3O2. The van der Waals surface area contributed by atoms with Gasteiger partial charge in [-0.2, -0.15) is 0 Å². The summed E-state index contributed by atoms with van der Waals surface area (Å²) in [5.74, 6) is -0.360. The van der Waals surface area contributed by atoms with E-state index in [0.29, 0.717) is 13.2 Å². The van der Waals surface area contributed by atoms with Crippen molar-refractivity contribution >= 4 is 11.8 Å². The van der Waals surface area contributed by atoms with Gasteiger partial charge in [-0.05, 0) is 6.92 Å². The number of carbonyl (C=O) groups excluding carboxylic acids is 2. The highest BCUT2D eigenvalue weighted by molar-refractivity contribution is 5.83. The van der Waals surface area contributed by atoms with Gasteiger partial charge in [-0.25, -0.2) is 0 Å². The molecular weight excluding hydrogens is 158 g/mol. The lowest BCUT2D eigenvalue weighted by molar-refractivity contribution is -0.125. The molecule has 0 aromatic rings. The molecule has 0 aliphatic carbocycles. The predicted octanol–water partition coefficient (Wildman–Crippen LogP) is -1.41. The molecule has 68 valence electrons. The summed E-state index contributed by atoms with van der Waals surface area (Å²) in [5.41, 5.74) is 5.10. The molecule has 1 rings (SSSR count). The third-order valence-electron chi connectivity index (χ3n) is 2.12. The molecule has 2 N–H and O–H groups in total. The number of hydrogen-bond acceptors (Lipinski definition) is 3. The van der Waals surface area contributed by atoms with Crippen molar-refractivity contribution in [3.63, 3.8) is 0 Å². The van der Waals surface area contributed by atoms with Crippen LogP contribution in [0.1, 0.15) is 6.92 Å². The lowest BCUT2D eigenvalue weighted by atomic mass is 10.3. The number of rotatable bonds is 2. The zero-order valence-electron chi connectivity index (χ0n) is 7.28. The van der Waals surface area contributed by atoms with Crippen LogP contribution < -0.4 is 5.73 Å². The van der Waals surface area contributed by atoms with Crippen molar-refractivity contribution in [2.75, 3.05) is 20.3 Å². The van der Waals surface area contributed by atoms with Gasteiger partial charge < -0.3 is 10.6 Å². The highest BCUT2D eigenvalue weighted by Crippen LogP contribution is 2.07. The first-order chi connectivity index (χ1) is 5.52. The van der Waals surface area contributed by atoms with E-state index in [9.17, 15) is 9.59 Å². The predicted molar refractivity (Wildman–Crippen MR) is 43.0 cm³/mol. The summed E-state index contributed by atoms with van der Waals surface area (Å²) in [7, 11) is 1.70. The number of primary amides is 1. The molecule has 5 nitrogen and oxygen atoms in total. The van der Waals surface area contributed by atoms with Gasteiger partial charge in [0, 0.05) is 7.05 Å². The molecule has 1 heterocycles. The fourth-order valence-corrected chi connectivity index (χ4v) is 1.14. The second-order valence-electron chi connectivity index (χ2n) is 3.06. The summed E-state index contributed by atoms with van der Waals surface area (Å²) in [4.78, 5) is 25.1. The number of hydrogen-bond donors (Lipinski definition) is 1. The highest BCUT2D eigenvalue weighted by atomic mass is 16.2. The maximum atomic E-state index is 11.0. The lowest BCUT2D eigenvalue weighted by Crippen LogP contribution is -2.41. The summed E-state index contributed by atoms with van der Waals surface area (Å²) in [6.07, 6.45) is 0. The van der Waals surface area contributed by atoms with Crippen LogP contribution in [0.2, 0.25) is 0 Å². The van der Waals surface area contributed by atoms with Crippen molar-refractivity contribution in [3.8, 4) is 0 Å². The molecule has 1 unspecified atom stereocenters. The number of carbonyl (C=O) groups is 2. The molecule has 0 spiro atoms. The third-order valence-corrected chi connectivity index (χ3v) is 2.12. The SMILES string of the molecule is CC(C(N)=O)N1CC(=O)N(C)C1. The third kappa shape index (κ3) is 1.55. The number of likely N-dealkylation sites (N-methyl/N-ethyl adjacent to an activating group) is 1. The standard InChI is InChI=1S/C7H13N3O2/c1-5(7(8)12)10-3-6(11)9(2)4-10/h5H,3-4H2,1-2H3,(H2,8,12). The van der Waals surface area contributed by atoms with Gasteiger partial charge in [0.15, 0.2) is 0 Å². The number of nitrogens with zero attached hydrogens (tertiary/aromatic N) is 2. The average molecular weight is 171 g/mol. The maximum Gasteiger partial charge on any atom is 0.237 e. The fraction of sp³-hybridized carbons (Fsp3) is 0.714. The van der Waals surface area contributed by atoms with Gasteiger partial charge in [-0.3, -0.25) is 14.5 Å². The van der Waals surface area contributed by atoms with Crippen molar-refractivity contribution < 1.29 is 9.59 Å². The zero-order valence-corrected chi connectivity index (χ0v) is 7.28. The Morgan fingerprint density at radius 1 is 1.67 bits per heavy atom. The molecule has 1 fully saturated rings. The summed E-state index contributed by atoms with van der Waals surface area (Å²) in [5, 5.41) is 0. The molecule has 0 saturated carbocycles. The second kappa shape index (κ2) is 3.10. The zero-order chi connectivity index (χ0) is 9.30. The van der Waals surface area contributed by atoms with Gasteiger partial charge in [0.1, 0.15) is 0 Å². The van der Waals surface area contributed by atoms with Crippen LogP contribution in [0.4, 0.5) is 0 Å². The summed E-state index contributed by atoms with van der Waals surface area (Å²) in [6, 6.07) is -0.362. The molecule has 12 heavy (non-hydrogen) atoms. The molecule has 0 radical (unpaired) electrons. The molecule has 1 aliphatic heterocycles. The molecule has 0 bridgehead atoms. The summed E-state index contributed by atoms with van der Waals surface area (Å²) >= 11 is 0. The second-order valence-corrected chi connectivity index (χ2v) is 3.06. The van der Waals surface area contributed by atoms with Gasteiger partial charge in [-0.1, -0.05) is 0 Å². The topological polar surface area (TPSA) is 66.6 Å². The van der Waals surface area contributed by atoms with E-state index < -0.39 is 5.91 Å². The largest absolute Gasteiger partial charge is 0.368 e.